The van der Waals surface area contributed by atoms with Gasteiger partial charge in [0, 0.05) is 16.7 Å². The van der Waals surface area contributed by atoms with Crippen molar-refractivity contribution in [1.29, 1.82) is 0 Å². The molecule has 2 heteroatoms. The molecule has 112 valence electrons. The second kappa shape index (κ2) is 7.15. The van der Waals surface area contributed by atoms with Gasteiger partial charge in [0.25, 0.3) is 0 Å². The van der Waals surface area contributed by atoms with Crippen LogP contribution in [0.3, 0.4) is 0 Å². The van der Waals surface area contributed by atoms with E-state index in [1.807, 2.05) is 11.8 Å². The van der Waals surface area contributed by atoms with E-state index < -0.39 is 0 Å². The normalized spacial score (nSPS) is 12.4. The van der Waals surface area contributed by atoms with Crippen LogP contribution in [0.15, 0.2) is 41.3 Å². The van der Waals surface area contributed by atoms with Gasteiger partial charge < -0.3 is 5.73 Å². The topological polar surface area (TPSA) is 26.0 Å². The Labute approximate surface area is 133 Å². The molecular weight excluding hydrogens is 274 g/mol. The van der Waals surface area contributed by atoms with Crippen LogP contribution in [-0.2, 0) is 6.42 Å². The van der Waals surface area contributed by atoms with Crippen molar-refractivity contribution in [3.8, 4) is 0 Å². The van der Waals surface area contributed by atoms with Crippen LogP contribution in [0.25, 0.3) is 0 Å². The number of hydrogen-bond donors (Lipinski definition) is 1. The summed E-state index contributed by atoms with van der Waals surface area (Å²) in [5, 5.41) is 0. The molecule has 0 aliphatic rings. The number of benzene rings is 2. The molecule has 0 saturated carbocycles. The predicted molar refractivity (Wildman–Crippen MR) is 94.2 cm³/mol. The van der Waals surface area contributed by atoms with Crippen LogP contribution >= 0.6 is 11.8 Å². The number of hydrogen-bond acceptors (Lipinski definition) is 2. The molecule has 2 N–H and O–H groups in total. The second-order valence-corrected chi connectivity index (χ2v) is 7.06. The summed E-state index contributed by atoms with van der Waals surface area (Å²) in [6.45, 7) is 8.64. The summed E-state index contributed by atoms with van der Waals surface area (Å²) in [5.41, 5.74) is 13.1. The highest BCUT2D eigenvalue weighted by molar-refractivity contribution is 7.99. The number of thioether (sulfide) groups is 1. The van der Waals surface area contributed by atoms with Crippen molar-refractivity contribution in [2.45, 2.75) is 45.1 Å². The zero-order valence-corrected chi connectivity index (χ0v) is 14.3. The Morgan fingerprint density at radius 2 is 1.48 bits per heavy atom. The van der Waals surface area contributed by atoms with Crippen molar-refractivity contribution in [3.05, 3.63) is 64.2 Å². The molecule has 21 heavy (non-hydrogen) atoms. The van der Waals surface area contributed by atoms with Crippen molar-refractivity contribution in [1.82, 2.24) is 0 Å². The first-order chi connectivity index (χ1) is 9.95. The van der Waals surface area contributed by atoms with E-state index in [9.17, 15) is 0 Å². The summed E-state index contributed by atoms with van der Waals surface area (Å²) in [7, 11) is 0. The monoisotopic (exact) mass is 299 g/mol. The van der Waals surface area contributed by atoms with Crippen LogP contribution in [0.2, 0.25) is 0 Å². The predicted octanol–water partition coefficient (Wildman–Crippen LogP) is 4.58. The van der Waals surface area contributed by atoms with Gasteiger partial charge in [-0.25, -0.2) is 0 Å². The summed E-state index contributed by atoms with van der Waals surface area (Å²) < 4.78 is 0. The Morgan fingerprint density at radius 3 is 2.05 bits per heavy atom. The number of rotatable bonds is 5. The Bertz CT molecular complexity index is 578. The summed E-state index contributed by atoms with van der Waals surface area (Å²) in [6.07, 6.45) is 0.955. The molecule has 2 rings (SSSR count). The summed E-state index contributed by atoms with van der Waals surface area (Å²) in [6, 6.07) is 13.4. The zero-order valence-electron chi connectivity index (χ0n) is 13.4. The highest BCUT2D eigenvalue weighted by Gasteiger charge is 2.10. The second-order valence-electron chi connectivity index (χ2n) is 5.97. The summed E-state index contributed by atoms with van der Waals surface area (Å²) >= 11 is 1.85. The van der Waals surface area contributed by atoms with E-state index in [0.29, 0.717) is 0 Å². The fraction of sp³-hybridized carbons (Fsp3) is 0.368. The van der Waals surface area contributed by atoms with Crippen molar-refractivity contribution < 1.29 is 0 Å². The average molecular weight is 299 g/mol. The van der Waals surface area contributed by atoms with Gasteiger partial charge in [0.15, 0.2) is 0 Å². The smallest absolute Gasteiger partial charge is 0.0174 e. The van der Waals surface area contributed by atoms with Crippen LogP contribution in [0, 0.1) is 27.7 Å². The van der Waals surface area contributed by atoms with Gasteiger partial charge in [-0.3, -0.25) is 0 Å². The van der Waals surface area contributed by atoms with E-state index >= 15 is 0 Å². The van der Waals surface area contributed by atoms with Gasteiger partial charge in [0.2, 0.25) is 0 Å². The van der Waals surface area contributed by atoms with Crippen LogP contribution in [0.4, 0.5) is 0 Å². The number of aryl methyl sites for hydroxylation is 4. The van der Waals surface area contributed by atoms with Crippen LogP contribution in [0.1, 0.15) is 27.8 Å². The molecule has 0 heterocycles. The van der Waals surface area contributed by atoms with Crippen molar-refractivity contribution in [3.63, 3.8) is 0 Å². The maximum Gasteiger partial charge on any atom is 0.0174 e. The molecule has 0 amide bonds. The molecule has 0 aromatic heterocycles. The lowest BCUT2D eigenvalue weighted by molar-refractivity contribution is 0.741. The number of nitrogens with two attached hydrogens (primary N) is 1. The first-order valence-electron chi connectivity index (χ1n) is 7.47. The minimum absolute atomic E-state index is 0.191. The van der Waals surface area contributed by atoms with Gasteiger partial charge in [0.05, 0.1) is 0 Å². The average Bonchev–Trinajstić information content (AvgIpc) is 2.42. The first kappa shape index (κ1) is 16.1. The quantitative estimate of drug-likeness (QED) is 0.818. The Hall–Kier alpha value is -1.25. The highest BCUT2D eigenvalue weighted by atomic mass is 32.2. The molecule has 0 radical (unpaired) electrons. The van der Waals surface area contributed by atoms with Crippen LogP contribution in [-0.4, -0.2) is 11.8 Å². The van der Waals surface area contributed by atoms with E-state index in [4.69, 9.17) is 5.73 Å². The molecular formula is C19H25NS. The summed E-state index contributed by atoms with van der Waals surface area (Å²) in [4.78, 5) is 1.30. The van der Waals surface area contributed by atoms with Gasteiger partial charge in [0.1, 0.15) is 0 Å². The van der Waals surface area contributed by atoms with Gasteiger partial charge in [-0.2, -0.15) is 0 Å². The van der Waals surface area contributed by atoms with Crippen molar-refractivity contribution in [2.75, 3.05) is 5.75 Å². The van der Waals surface area contributed by atoms with Gasteiger partial charge in [-0.1, -0.05) is 35.4 Å². The standard InChI is InChI=1S/C19H25NS/c1-13-5-7-18(8-6-13)21-12-17(20)11-19-15(3)9-14(2)10-16(19)4/h5-10,17H,11-12,20H2,1-4H3. The Kier molecular flexibility index (Phi) is 5.49. The largest absolute Gasteiger partial charge is 0.327 e. The van der Waals surface area contributed by atoms with Gasteiger partial charge in [-0.15, -0.1) is 11.8 Å². The molecule has 0 spiro atoms. The zero-order chi connectivity index (χ0) is 15.4. The van der Waals surface area contributed by atoms with Crippen LogP contribution in [0.5, 0.6) is 0 Å². The Balaban J connectivity index is 1.96. The van der Waals surface area contributed by atoms with Crippen molar-refractivity contribution >= 4 is 11.8 Å². The lowest BCUT2D eigenvalue weighted by atomic mass is 9.95. The molecule has 0 aliphatic heterocycles. The highest BCUT2D eigenvalue weighted by Crippen LogP contribution is 2.22. The molecule has 0 fully saturated rings. The summed E-state index contributed by atoms with van der Waals surface area (Å²) in [5.74, 6) is 0.954. The first-order valence-corrected chi connectivity index (χ1v) is 8.46. The van der Waals surface area contributed by atoms with E-state index in [1.54, 1.807) is 0 Å². The molecule has 1 nitrogen and oxygen atoms in total. The van der Waals surface area contributed by atoms with Gasteiger partial charge >= 0.3 is 0 Å². The molecule has 0 aliphatic carbocycles. The minimum atomic E-state index is 0.191. The fourth-order valence-corrected chi connectivity index (χ4v) is 3.54. The van der Waals surface area contributed by atoms with E-state index in [1.165, 1.54) is 32.7 Å². The SMILES string of the molecule is Cc1ccc(SCC(N)Cc2c(C)cc(C)cc2C)cc1. The third kappa shape index (κ3) is 4.62. The Morgan fingerprint density at radius 1 is 0.905 bits per heavy atom. The van der Waals surface area contributed by atoms with E-state index in [-0.39, 0.29) is 6.04 Å². The van der Waals surface area contributed by atoms with Gasteiger partial charge in [-0.05, 0) is 62.9 Å². The van der Waals surface area contributed by atoms with E-state index in [2.05, 4.69) is 64.1 Å². The fourth-order valence-electron chi connectivity index (χ4n) is 2.69. The maximum atomic E-state index is 6.34. The maximum absolute atomic E-state index is 6.34. The lowest BCUT2D eigenvalue weighted by Gasteiger charge is -2.16. The lowest BCUT2D eigenvalue weighted by Crippen LogP contribution is -2.26. The van der Waals surface area contributed by atoms with Crippen LogP contribution < -0.4 is 5.73 Å². The molecule has 2 aromatic rings. The minimum Gasteiger partial charge on any atom is -0.327 e. The molecule has 0 saturated heterocycles. The molecule has 0 bridgehead atoms. The third-order valence-electron chi connectivity index (χ3n) is 3.79. The third-order valence-corrected chi connectivity index (χ3v) is 4.99. The molecule has 2 aromatic carbocycles. The molecule has 1 atom stereocenters. The van der Waals surface area contributed by atoms with E-state index in [0.717, 1.165) is 12.2 Å². The molecule has 1 unspecified atom stereocenters. The van der Waals surface area contributed by atoms with Crippen molar-refractivity contribution in [2.24, 2.45) is 5.73 Å².